The van der Waals surface area contributed by atoms with Gasteiger partial charge in [0.1, 0.15) is 5.00 Å². The van der Waals surface area contributed by atoms with Crippen LogP contribution in [0, 0.1) is 12.8 Å². The summed E-state index contributed by atoms with van der Waals surface area (Å²) in [6.45, 7) is 8.88. The molecular formula is C14H25N3OS. The maximum atomic E-state index is 11.7. The molecule has 5 heteroatoms. The van der Waals surface area contributed by atoms with Crippen molar-refractivity contribution in [3.8, 4) is 0 Å². The van der Waals surface area contributed by atoms with E-state index in [1.165, 1.54) is 11.5 Å². The van der Waals surface area contributed by atoms with E-state index in [0.717, 1.165) is 29.2 Å². The monoisotopic (exact) mass is 283 g/mol. The van der Waals surface area contributed by atoms with Crippen molar-refractivity contribution in [1.82, 2.24) is 9.27 Å². The predicted octanol–water partition coefficient (Wildman–Crippen LogP) is 3.04. The van der Waals surface area contributed by atoms with Crippen LogP contribution in [0.1, 0.15) is 43.2 Å². The van der Waals surface area contributed by atoms with E-state index in [4.69, 9.17) is 0 Å². The van der Waals surface area contributed by atoms with Gasteiger partial charge in [-0.15, -0.1) is 0 Å². The van der Waals surface area contributed by atoms with Gasteiger partial charge in [-0.1, -0.05) is 13.8 Å². The van der Waals surface area contributed by atoms with Crippen molar-refractivity contribution in [3.63, 3.8) is 0 Å². The summed E-state index contributed by atoms with van der Waals surface area (Å²) in [5.41, 5.74) is 1.57. The third-order valence-corrected chi connectivity index (χ3v) is 3.76. The number of hydrogen-bond acceptors (Lipinski definition) is 5. The summed E-state index contributed by atoms with van der Waals surface area (Å²) in [4.78, 5) is 13.9. The third kappa shape index (κ3) is 4.91. The number of likely N-dealkylation sites (N-methyl/N-ethyl adjacent to an activating group) is 1. The molecule has 1 rings (SSSR count). The van der Waals surface area contributed by atoms with Crippen LogP contribution in [0.15, 0.2) is 0 Å². The van der Waals surface area contributed by atoms with Crippen molar-refractivity contribution in [2.75, 3.05) is 26.0 Å². The van der Waals surface area contributed by atoms with Crippen LogP contribution >= 0.6 is 11.5 Å². The van der Waals surface area contributed by atoms with Crippen LogP contribution in [0.2, 0.25) is 0 Å². The first-order chi connectivity index (χ1) is 8.81. The van der Waals surface area contributed by atoms with Gasteiger partial charge in [-0.25, -0.2) is 0 Å². The Balaban J connectivity index is 2.86. The summed E-state index contributed by atoms with van der Waals surface area (Å²) >= 11 is 1.39. The third-order valence-electron chi connectivity index (χ3n) is 2.89. The lowest BCUT2D eigenvalue weighted by atomic mass is 10.0. The normalized spacial score (nSPS) is 13.1. The lowest BCUT2D eigenvalue weighted by Gasteiger charge is -2.24. The van der Waals surface area contributed by atoms with Gasteiger partial charge in [0, 0.05) is 12.6 Å². The van der Waals surface area contributed by atoms with E-state index in [9.17, 15) is 4.79 Å². The molecule has 0 fully saturated rings. The molecule has 4 nitrogen and oxygen atoms in total. The Morgan fingerprint density at radius 2 is 2.05 bits per heavy atom. The predicted molar refractivity (Wildman–Crippen MR) is 82.3 cm³/mol. The first-order valence-corrected chi connectivity index (χ1v) is 7.47. The molecule has 0 amide bonds. The van der Waals surface area contributed by atoms with Gasteiger partial charge >= 0.3 is 0 Å². The number of anilines is 1. The Kier molecular flexibility index (Phi) is 5.94. The quantitative estimate of drug-likeness (QED) is 0.781. The van der Waals surface area contributed by atoms with E-state index in [0.29, 0.717) is 12.0 Å². The Morgan fingerprint density at radius 1 is 1.42 bits per heavy atom. The summed E-state index contributed by atoms with van der Waals surface area (Å²) in [7, 11) is 4.14. The lowest BCUT2D eigenvalue weighted by Crippen LogP contribution is -2.33. The number of hydrogen-bond donors (Lipinski definition) is 1. The van der Waals surface area contributed by atoms with Crippen LogP contribution in [0.3, 0.4) is 0 Å². The highest BCUT2D eigenvalue weighted by Crippen LogP contribution is 2.26. The van der Waals surface area contributed by atoms with Crippen LogP contribution in [0.4, 0.5) is 5.00 Å². The van der Waals surface area contributed by atoms with Gasteiger partial charge in [-0.05, 0) is 51.8 Å². The first-order valence-electron chi connectivity index (χ1n) is 6.69. The van der Waals surface area contributed by atoms with Gasteiger partial charge in [0.05, 0.1) is 11.3 Å². The highest BCUT2D eigenvalue weighted by molar-refractivity contribution is 7.10. The largest absolute Gasteiger partial charge is 0.371 e. The maximum absolute atomic E-state index is 11.7. The second-order valence-electron chi connectivity index (χ2n) is 5.76. The molecule has 0 aliphatic carbocycles. The van der Waals surface area contributed by atoms with Gasteiger partial charge < -0.3 is 10.2 Å². The van der Waals surface area contributed by atoms with E-state index in [-0.39, 0.29) is 5.78 Å². The lowest BCUT2D eigenvalue weighted by molar-refractivity contribution is 0.101. The Labute approximate surface area is 120 Å². The molecule has 0 saturated heterocycles. The molecule has 19 heavy (non-hydrogen) atoms. The number of aromatic nitrogens is 1. The SMILES string of the molecule is CC(=O)c1c(C)nsc1NC(CC(C)C)CN(C)C. The van der Waals surface area contributed by atoms with Crippen molar-refractivity contribution >= 4 is 22.3 Å². The molecule has 0 radical (unpaired) electrons. The Hall–Kier alpha value is -0.940. The molecule has 0 aliphatic rings. The molecular weight excluding hydrogens is 258 g/mol. The molecule has 0 aromatic carbocycles. The number of carbonyl (C=O) groups excluding carboxylic acids is 1. The minimum atomic E-state index is 0.0851. The van der Waals surface area contributed by atoms with Crippen molar-refractivity contribution < 1.29 is 4.79 Å². The fourth-order valence-electron chi connectivity index (χ4n) is 2.26. The summed E-state index contributed by atoms with van der Waals surface area (Å²) in [6, 6.07) is 0.341. The maximum Gasteiger partial charge on any atom is 0.164 e. The van der Waals surface area contributed by atoms with E-state index in [1.54, 1.807) is 6.92 Å². The molecule has 1 unspecified atom stereocenters. The Bertz CT molecular complexity index is 416. The van der Waals surface area contributed by atoms with E-state index in [1.807, 2.05) is 6.92 Å². The molecule has 0 aliphatic heterocycles. The first kappa shape index (κ1) is 16.1. The zero-order chi connectivity index (χ0) is 14.6. The topological polar surface area (TPSA) is 45.2 Å². The molecule has 1 aromatic heterocycles. The number of ketones is 1. The molecule has 108 valence electrons. The standard InChI is InChI=1S/C14H25N3OS/c1-9(2)7-12(8-17(5)6)15-14-13(11(4)18)10(3)16-19-14/h9,12,15H,7-8H2,1-6H3. The fraction of sp³-hybridized carbons (Fsp3) is 0.714. The summed E-state index contributed by atoms with van der Waals surface area (Å²) in [6.07, 6.45) is 1.08. The van der Waals surface area contributed by atoms with Crippen molar-refractivity contribution in [3.05, 3.63) is 11.3 Å². The zero-order valence-electron chi connectivity index (χ0n) is 12.8. The van der Waals surface area contributed by atoms with Crippen molar-refractivity contribution in [2.24, 2.45) is 5.92 Å². The van der Waals surface area contributed by atoms with Gasteiger partial charge in [-0.2, -0.15) is 4.37 Å². The van der Waals surface area contributed by atoms with Crippen molar-refractivity contribution in [2.45, 2.75) is 40.2 Å². The van der Waals surface area contributed by atoms with Crippen LogP contribution in [-0.4, -0.2) is 41.7 Å². The number of Topliss-reactive ketones (excluding diaryl/α,β-unsaturated/α-hetero) is 1. The summed E-state index contributed by atoms with van der Waals surface area (Å²) < 4.78 is 4.29. The van der Waals surface area contributed by atoms with Crippen LogP contribution in [-0.2, 0) is 0 Å². The highest BCUT2D eigenvalue weighted by atomic mass is 32.1. The zero-order valence-corrected chi connectivity index (χ0v) is 13.6. The molecule has 1 aromatic rings. The Morgan fingerprint density at radius 3 is 2.53 bits per heavy atom. The van der Waals surface area contributed by atoms with Crippen LogP contribution in [0.25, 0.3) is 0 Å². The second-order valence-corrected chi connectivity index (χ2v) is 6.53. The van der Waals surface area contributed by atoms with Gasteiger partial charge in [0.25, 0.3) is 0 Å². The number of nitrogens with one attached hydrogen (secondary N) is 1. The molecule has 1 atom stereocenters. The minimum Gasteiger partial charge on any atom is -0.371 e. The van der Waals surface area contributed by atoms with Crippen LogP contribution < -0.4 is 5.32 Å². The highest BCUT2D eigenvalue weighted by Gasteiger charge is 2.19. The smallest absolute Gasteiger partial charge is 0.164 e. The molecule has 0 spiro atoms. The van der Waals surface area contributed by atoms with Gasteiger partial charge in [0.15, 0.2) is 5.78 Å². The number of rotatable bonds is 7. The van der Waals surface area contributed by atoms with Gasteiger partial charge in [-0.3, -0.25) is 4.79 Å². The molecule has 0 bridgehead atoms. The summed E-state index contributed by atoms with van der Waals surface area (Å²) in [5, 5.41) is 4.42. The number of carbonyl (C=O) groups is 1. The minimum absolute atomic E-state index is 0.0851. The van der Waals surface area contributed by atoms with E-state index >= 15 is 0 Å². The number of nitrogens with zero attached hydrogens (tertiary/aromatic N) is 2. The fourth-order valence-corrected chi connectivity index (χ4v) is 3.18. The number of aryl methyl sites for hydroxylation is 1. The van der Waals surface area contributed by atoms with Crippen molar-refractivity contribution in [1.29, 1.82) is 0 Å². The van der Waals surface area contributed by atoms with E-state index in [2.05, 4.69) is 42.5 Å². The molecule has 1 heterocycles. The average Bonchev–Trinajstić information content (AvgIpc) is 2.57. The van der Waals surface area contributed by atoms with Crippen LogP contribution in [0.5, 0.6) is 0 Å². The van der Waals surface area contributed by atoms with E-state index < -0.39 is 0 Å². The summed E-state index contributed by atoms with van der Waals surface area (Å²) in [5.74, 6) is 0.703. The van der Waals surface area contributed by atoms with Gasteiger partial charge in [0.2, 0.25) is 0 Å². The average molecular weight is 283 g/mol. The molecule has 1 N–H and O–H groups in total. The molecule has 0 saturated carbocycles. The second kappa shape index (κ2) is 7.01.